The van der Waals surface area contributed by atoms with Gasteiger partial charge in [-0.25, -0.2) is 10.4 Å². The number of fused-ring (bicyclic) bond motifs is 1. The summed E-state index contributed by atoms with van der Waals surface area (Å²) in [6.07, 6.45) is 0. The molecular weight excluding hydrogens is 458 g/mol. The van der Waals surface area contributed by atoms with Crippen molar-refractivity contribution in [3.8, 4) is 5.13 Å². The van der Waals surface area contributed by atoms with Gasteiger partial charge in [-0.3, -0.25) is 14.7 Å². The summed E-state index contributed by atoms with van der Waals surface area (Å²) in [5, 5.41) is 7.95. The summed E-state index contributed by atoms with van der Waals surface area (Å²) in [5.41, 5.74) is 6.43. The van der Waals surface area contributed by atoms with E-state index in [4.69, 9.17) is 0 Å². The first-order chi connectivity index (χ1) is 17.0. The summed E-state index contributed by atoms with van der Waals surface area (Å²) in [5.74, 6) is -0.804. The van der Waals surface area contributed by atoms with Crippen molar-refractivity contribution < 1.29 is 4.79 Å². The first kappa shape index (κ1) is 22.5. The lowest BCUT2D eigenvalue weighted by Gasteiger charge is -2.16. The fraction of sp³-hybridized carbons (Fsp3) is 0.111. The average Bonchev–Trinajstić information content (AvgIpc) is 3.44. The maximum Gasteiger partial charge on any atom is 0.282 e. The lowest BCUT2D eigenvalue weighted by atomic mass is 9.91. The van der Waals surface area contributed by atoms with Crippen LogP contribution in [0.15, 0.2) is 94.8 Å². The number of aromatic amines is 1. The summed E-state index contributed by atoms with van der Waals surface area (Å²) >= 11 is 1.43. The van der Waals surface area contributed by atoms with E-state index in [0.717, 1.165) is 21.3 Å². The molecule has 2 aromatic heterocycles. The van der Waals surface area contributed by atoms with Crippen molar-refractivity contribution >= 4 is 33.2 Å². The van der Waals surface area contributed by atoms with E-state index >= 15 is 0 Å². The van der Waals surface area contributed by atoms with Crippen LogP contribution in [0.4, 0.5) is 0 Å². The molecule has 2 heterocycles. The summed E-state index contributed by atoms with van der Waals surface area (Å²) in [6.45, 7) is 3.51. The molecule has 0 spiro atoms. The Morgan fingerprint density at radius 1 is 0.971 bits per heavy atom. The molecule has 0 atom stereocenters. The highest BCUT2D eigenvalue weighted by molar-refractivity contribution is 7.20. The van der Waals surface area contributed by atoms with Gasteiger partial charge in [0.15, 0.2) is 0 Å². The Morgan fingerprint density at radius 2 is 1.57 bits per heavy atom. The molecular formula is C27H23N5O2S. The van der Waals surface area contributed by atoms with Gasteiger partial charge in [-0.1, -0.05) is 84.1 Å². The van der Waals surface area contributed by atoms with Gasteiger partial charge in [-0.05, 0) is 37.1 Å². The highest BCUT2D eigenvalue weighted by atomic mass is 32.1. The number of nitrogens with zero attached hydrogens (tertiary/aromatic N) is 3. The van der Waals surface area contributed by atoms with Gasteiger partial charge < -0.3 is 0 Å². The predicted octanol–water partition coefficient (Wildman–Crippen LogP) is 4.76. The van der Waals surface area contributed by atoms with Crippen molar-refractivity contribution in [3.63, 3.8) is 0 Å². The number of aryl methyl sites for hydroxylation is 1. The van der Waals surface area contributed by atoms with E-state index in [9.17, 15) is 9.59 Å². The van der Waals surface area contributed by atoms with Crippen molar-refractivity contribution in [2.24, 2.45) is 5.10 Å². The second kappa shape index (κ2) is 9.52. The fourth-order valence-corrected chi connectivity index (χ4v) is 5.03. The van der Waals surface area contributed by atoms with Crippen molar-refractivity contribution in [1.82, 2.24) is 20.2 Å². The van der Waals surface area contributed by atoms with Gasteiger partial charge in [0, 0.05) is 5.69 Å². The van der Waals surface area contributed by atoms with Crippen LogP contribution in [-0.2, 0) is 4.79 Å². The molecule has 0 radical (unpaired) electrons. The smallest absolute Gasteiger partial charge is 0.282 e. The monoisotopic (exact) mass is 481 g/mol. The van der Waals surface area contributed by atoms with E-state index in [0.29, 0.717) is 22.1 Å². The van der Waals surface area contributed by atoms with Crippen LogP contribution in [0, 0.1) is 6.92 Å². The third-order valence-electron chi connectivity index (χ3n) is 5.77. The highest BCUT2D eigenvalue weighted by Crippen LogP contribution is 2.25. The van der Waals surface area contributed by atoms with Crippen LogP contribution >= 0.6 is 11.3 Å². The standard InChI is InChI=1S/C27H23N5O2S/c1-17(23-18(2)31-32(26(23)34)27-28-21-15-9-10-16-22(21)35-27)29-30-25(33)24(19-11-5-3-6-12-19)20-13-7-4-8-14-20/h3-16,24,31H,1-2H3,(H,30,33)/b29-17-. The van der Waals surface area contributed by atoms with Gasteiger partial charge in [-0.15, -0.1) is 0 Å². The number of para-hydroxylation sites is 1. The normalized spacial score (nSPS) is 11.8. The van der Waals surface area contributed by atoms with Crippen LogP contribution in [-0.4, -0.2) is 26.4 Å². The molecule has 0 fully saturated rings. The number of hydrazone groups is 1. The third kappa shape index (κ3) is 4.43. The zero-order chi connectivity index (χ0) is 24.4. The molecule has 3 aromatic carbocycles. The predicted molar refractivity (Wildman–Crippen MR) is 139 cm³/mol. The minimum Gasteiger partial charge on any atom is -0.293 e. The second-order valence-electron chi connectivity index (χ2n) is 8.14. The number of hydrogen-bond donors (Lipinski definition) is 2. The van der Waals surface area contributed by atoms with Crippen LogP contribution in [0.25, 0.3) is 15.3 Å². The fourth-order valence-electron chi connectivity index (χ4n) is 4.11. The Morgan fingerprint density at radius 3 is 2.20 bits per heavy atom. The van der Waals surface area contributed by atoms with Gasteiger partial charge in [0.1, 0.15) is 0 Å². The largest absolute Gasteiger partial charge is 0.293 e. The number of rotatable bonds is 6. The Labute approximate surface area is 205 Å². The maximum atomic E-state index is 13.3. The van der Waals surface area contributed by atoms with Crippen LogP contribution in [0.2, 0.25) is 0 Å². The first-order valence-electron chi connectivity index (χ1n) is 11.1. The Kier molecular flexibility index (Phi) is 6.12. The SMILES string of the molecule is C/C(=N/NC(=O)C(c1ccccc1)c1ccccc1)c1c(C)[nH]n(-c2nc3ccccc3s2)c1=O. The molecule has 5 aromatic rings. The Hall–Kier alpha value is -4.30. The molecule has 0 saturated carbocycles. The molecule has 0 aliphatic carbocycles. The van der Waals surface area contributed by atoms with Crippen molar-refractivity contribution in [1.29, 1.82) is 0 Å². The average molecular weight is 482 g/mol. The number of H-pyrrole nitrogens is 1. The van der Waals surface area contributed by atoms with E-state index in [2.05, 4.69) is 20.6 Å². The number of carbonyl (C=O) groups excluding carboxylic acids is 1. The molecule has 5 rings (SSSR count). The highest BCUT2D eigenvalue weighted by Gasteiger charge is 2.23. The zero-order valence-electron chi connectivity index (χ0n) is 19.2. The van der Waals surface area contributed by atoms with E-state index in [-0.39, 0.29) is 11.5 Å². The number of nitrogens with one attached hydrogen (secondary N) is 2. The van der Waals surface area contributed by atoms with Gasteiger partial charge in [-0.2, -0.15) is 9.78 Å². The zero-order valence-corrected chi connectivity index (χ0v) is 20.0. The van der Waals surface area contributed by atoms with Crippen LogP contribution in [0.1, 0.15) is 35.2 Å². The lowest BCUT2D eigenvalue weighted by Crippen LogP contribution is -2.28. The third-order valence-corrected chi connectivity index (χ3v) is 6.79. The lowest BCUT2D eigenvalue weighted by molar-refractivity contribution is -0.121. The molecule has 0 bridgehead atoms. The second-order valence-corrected chi connectivity index (χ2v) is 9.15. The van der Waals surface area contributed by atoms with E-state index in [1.54, 1.807) is 13.8 Å². The number of thiazole rings is 1. The quantitative estimate of drug-likeness (QED) is 0.271. The van der Waals surface area contributed by atoms with Crippen LogP contribution in [0.5, 0.6) is 0 Å². The van der Waals surface area contributed by atoms with Crippen molar-refractivity contribution in [2.45, 2.75) is 19.8 Å². The van der Waals surface area contributed by atoms with Crippen LogP contribution < -0.4 is 11.0 Å². The van der Waals surface area contributed by atoms with Crippen molar-refractivity contribution in [3.05, 3.63) is 118 Å². The van der Waals surface area contributed by atoms with Gasteiger partial charge in [0.25, 0.3) is 11.5 Å². The van der Waals surface area contributed by atoms with E-state index in [1.807, 2.05) is 84.9 Å². The molecule has 0 unspecified atom stereocenters. The molecule has 0 saturated heterocycles. The molecule has 2 N–H and O–H groups in total. The van der Waals surface area contributed by atoms with Gasteiger partial charge in [0.2, 0.25) is 5.13 Å². The number of hydrogen-bond acceptors (Lipinski definition) is 5. The summed E-state index contributed by atoms with van der Waals surface area (Å²) in [6, 6.07) is 26.8. The number of benzene rings is 3. The molecule has 0 aliphatic heterocycles. The summed E-state index contributed by atoms with van der Waals surface area (Å²) in [4.78, 5) is 31.1. The first-order valence-corrected chi connectivity index (χ1v) is 12.0. The maximum absolute atomic E-state index is 13.3. The topological polar surface area (TPSA) is 92.1 Å². The molecule has 7 nitrogen and oxygen atoms in total. The van der Waals surface area contributed by atoms with Gasteiger partial charge >= 0.3 is 0 Å². The number of aromatic nitrogens is 3. The molecule has 8 heteroatoms. The molecule has 1 amide bonds. The number of amides is 1. The minimum absolute atomic E-state index is 0.264. The van der Waals surface area contributed by atoms with Gasteiger partial charge in [0.05, 0.1) is 27.4 Å². The molecule has 0 aliphatic rings. The summed E-state index contributed by atoms with van der Waals surface area (Å²) in [7, 11) is 0. The van der Waals surface area contributed by atoms with Crippen molar-refractivity contribution in [2.75, 3.05) is 0 Å². The Bertz CT molecular complexity index is 1510. The van der Waals surface area contributed by atoms with E-state index < -0.39 is 5.92 Å². The number of carbonyl (C=O) groups is 1. The van der Waals surface area contributed by atoms with Crippen LogP contribution in [0.3, 0.4) is 0 Å². The molecule has 174 valence electrons. The molecule has 35 heavy (non-hydrogen) atoms. The minimum atomic E-state index is -0.527. The Balaban J connectivity index is 1.44. The van der Waals surface area contributed by atoms with E-state index in [1.165, 1.54) is 16.0 Å². The summed E-state index contributed by atoms with van der Waals surface area (Å²) < 4.78 is 2.42.